The van der Waals surface area contributed by atoms with Gasteiger partial charge in [0, 0.05) is 38.3 Å². The molecule has 0 fully saturated rings. The molecule has 0 atom stereocenters. The Hall–Kier alpha value is -6.30. The molecule has 0 radical (unpaired) electrons. The van der Waals surface area contributed by atoms with E-state index in [0.717, 1.165) is 22.3 Å². The van der Waals surface area contributed by atoms with Crippen LogP contribution in [0.1, 0.15) is 122 Å². The van der Waals surface area contributed by atoms with Crippen molar-refractivity contribution in [2.75, 3.05) is 9.80 Å². The molecule has 4 heterocycles. The van der Waals surface area contributed by atoms with E-state index in [1.807, 2.05) is 11.3 Å². The van der Waals surface area contributed by atoms with Gasteiger partial charge in [0.05, 0.1) is 16.4 Å². The van der Waals surface area contributed by atoms with Crippen molar-refractivity contribution < 1.29 is 4.42 Å². The average Bonchev–Trinajstić information content (AvgIpc) is 3.90. The van der Waals surface area contributed by atoms with Crippen molar-refractivity contribution in [3.63, 3.8) is 0 Å². The minimum absolute atomic E-state index is 0.0110. The van der Waals surface area contributed by atoms with Crippen LogP contribution in [0.25, 0.3) is 43.5 Å². The summed E-state index contributed by atoms with van der Waals surface area (Å²) in [7, 11) is 0. The third-order valence-electron chi connectivity index (χ3n) is 15.2. The molecule has 2 aliphatic heterocycles. The molecule has 0 spiro atoms. The summed E-state index contributed by atoms with van der Waals surface area (Å²) >= 11 is 1.95. The molecule has 11 rings (SSSR count). The highest BCUT2D eigenvalue weighted by Crippen LogP contribution is 2.53. The fraction of sp³-hybridized carbons (Fsp3) is 0.292. The Kier molecular flexibility index (Phi) is 10.4. The maximum absolute atomic E-state index is 6.72. The number of rotatable bonds is 4. The molecular formula is C65H67BN2OS. The number of benzene rings is 7. The molecule has 2 aromatic heterocycles. The molecule has 0 saturated carbocycles. The second-order valence-electron chi connectivity index (χ2n) is 24.5. The molecule has 0 aliphatic carbocycles. The Balaban J connectivity index is 1.32. The molecule has 7 aromatic carbocycles. The third kappa shape index (κ3) is 7.45. The zero-order valence-electron chi connectivity index (χ0n) is 44.0. The maximum atomic E-state index is 6.72. The highest BCUT2D eigenvalue weighted by Gasteiger charge is 2.47. The van der Waals surface area contributed by atoms with Crippen molar-refractivity contribution in [1.82, 2.24) is 0 Å². The van der Waals surface area contributed by atoms with Crippen molar-refractivity contribution in [3.8, 4) is 22.5 Å². The minimum Gasteiger partial charge on any atom is -0.456 e. The van der Waals surface area contributed by atoms with Crippen LogP contribution in [0.3, 0.4) is 0 Å². The Labute approximate surface area is 421 Å². The predicted molar refractivity (Wildman–Crippen MR) is 306 cm³/mol. The van der Waals surface area contributed by atoms with Crippen LogP contribution >= 0.6 is 11.3 Å². The molecule has 0 amide bonds. The molecular weight excluding hydrogens is 868 g/mol. The smallest absolute Gasteiger partial charge is 0.254 e. The van der Waals surface area contributed by atoms with Crippen molar-refractivity contribution in [1.29, 1.82) is 0 Å². The Bertz CT molecular complexity index is 3520. The van der Waals surface area contributed by atoms with Gasteiger partial charge in [-0.15, -0.1) is 11.3 Å². The summed E-state index contributed by atoms with van der Waals surface area (Å²) in [4.78, 5) is 5.35. The maximum Gasteiger partial charge on any atom is 0.254 e. The summed E-state index contributed by atoms with van der Waals surface area (Å²) < 4.78 is 8.03. The van der Waals surface area contributed by atoms with Gasteiger partial charge in [-0.3, -0.25) is 0 Å². The van der Waals surface area contributed by atoms with Crippen LogP contribution in [-0.2, 0) is 21.7 Å². The predicted octanol–water partition coefficient (Wildman–Crippen LogP) is 17.2. The van der Waals surface area contributed by atoms with E-state index in [4.69, 9.17) is 4.42 Å². The van der Waals surface area contributed by atoms with Crippen molar-refractivity contribution in [2.24, 2.45) is 0 Å². The number of aryl methyl sites for hydroxylation is 3. The van der Waals surface area contributed by atoms with Gasteiger partial charge < -0.3 is 14.2 Å². The Morgan fingerprint density at radius 2 is 1.03 bits per heavy atom. The molecule has 70 heavy (non-hydrogen) atoms. The quantitative estimate of drug-likeness (QED) is 0.164. The van der Waals surface area contributed by atoms with E-state index >= 15 is 0 Å². The Morgan fingerprint density at radius 3 is 1.66 bits per heavy atom. The van der Waals surface area contributed by atoms with E-state index in [1.54, 1.807) is 0 Å². The van der Waals surface area contributed by atoms with E-state index in [0.29, 0.717) is 0 Å². The van der Waals surface area contributed by atoms with E-state index in [2.05, 4.69) is 247 Å². The lowest BCUT2D eigenvalue weighted by Crippen LogP contribution is -2.61. The summed E-state index contributed by atoms with van der Waals surface area (Å²) in [5.41, 5.74) is 23.6. The van der Waals surface area contributed by atoms with Crippen LogP contribution in [0.5, 0.6) is 0 Å². The third-order valence-corrected chi connectivity index (χ3v) is 16.4. The monoisotopic (exact) mass is 935 g/mol. The first-order valence-corrected chi connectivity index (χ1v) is 26.1. The zero-order valence-corrected chi connectivity index (χ0v) is 44.8. The summed E-state index contributed by atoms with van der Waals surface area (Å²) in [6.07, 6.45) is 0. The molecule has 0 N–H and O–H groups in total. The van der Waals surface area contributed by atoms with E-state index in [9.17, 15) is 0 Å². The van der Waals surface area contributed by atoms with Gasteiger partial charge in [0.1, 0.15) is 11.3 Å². The number of anilines is 6. The molecule has 2 aliphatic rings. The van der Waals surface area contributed by atoms with Gasteiger partial charge in [-0.2, -0.15) is 0 Å². The lowest BCUT2D eigenvalue weighted by Gasteiger charge is -2.45. The first-order chi connectivity index (χ1) is 33.0. The number of para-hydroxylation sites is 1. The summed E-state index contributed by atoms with van der Waals surface area (Å²) in [5.74, 6) is 0.883. The van der Waals surface area contributed by atoms with E-state index in [1.165, 1.54) is 110 Å². The van der Waals surface area contributed by atoms with Crippen molar-refractivity contribution in [3.05, 3.63) is 172 Å². The lowest BCUT2D eigenvalue weighted by atomic mass is 9.33. The fourth-order valence-electron chi connectivity index (χ4n) is 11.3. The lowest BCUT2D eigenvalue weighted by molar-refractivity contribution is 0.589. The Morgan fingerprint density at radius 1 is 0.457 bits per heavy atom. The van der Waals surface area contributed by atoms with Gasteiger partial charge >= 0.3 is 0 Å². The molecule has 0 unspecified atom stereocenters. The standard InChI is InChI=1S/C65H67BN2OS/c1-38-29-45(63(7,8)9)30-39(2)59(38)68-53-37-47(65(13,14)15)36-52-58(53)66(57-49-34-44(62(4,5)6)26-28-56(49)70-61(57)68)50-32-43(55-33-42-23-19-20-24-54(42)69-55)25-27-51(50)67(52)60-40(3)31-46(64(10,11)12)35-48(60)41-21-17-16-18-22-41/h16-37H,1-15H3. The molecule has 3 nitrogen and oxygen atoms in total. The highest BCUT2D eigenvalue weighted by molar-refractivity contribution is 7.26. The van der Waals surface area contributed by atoms with Crippen LogP contribution in [0.15, 0.2) is 138 Å². The van der Waals surface area contributed by atoms with Gasteiger partial charge in [0.2, 0.25) is 0 Å². The van der Waals surface area contributed by atoms with Gasteiger partial charge in [0.25, 0.3) is 6.71 Å². The molecule has 5 heteroatoms. The SMILES string of the molecule is Cc1cc(C(C)(C)C)cc(C)c1N1c2cc(C(C)(C)C)cc3c2B(c2cc(-c4cc5ccccc5o4)ccc2N3c2c(C)cc(C(C)(C)C)cc2-c2ccccc2)c2c1sc1ccc(C(C)(C)C)cc21. The van der Waals surface area contributed by atoms with Crippen LogP contribution < -0.4 is 26.2 Å². The first kappa shape index (κ1) is 46.1. The second-order valence-corrected chi connectivity index (χ2v) is 25.5. The van der Waals surface area contributed by atoms with Crippen molar-refractivity contribution in [2.45, 2.75) is 126 Å². The van der Waals surface area contributed by atoms with E-state index in [-0.39, 0.29) is 28.4 Å². The number of furan rings is 1. The fourth-order valence-corrected chi connectivity index (χ4v) is 12.5. The molecule has 9 aromatic rings. The summed E-state index contributed by atoms with van der Waals surface area (Å²) in [6.45, 7) is 35.1. The topological polar surface area (TPSA) is 19.6 Å². The van der Waals surface area contributed by atoms with Gasteiger partial charge in [-0.1, -0.05) is 168 Å². The number of nitrogens with zero attached hydrogens (tertiary/aromatic N) is 2. The van der Waals surface area contributed by atoms with Crippen molar-refractivity contribution >= 4 is 88.9 Å². The second kappa shape index (κ2) is 15.9. The van der Waals surface area contributed by atoms with Crippen LogP contribution in [0.4, 0.5) is 33.4 Å². The minimum atomic E-state index is -0.153. The summed E-state index contributed by atoms with van der Waals surface area (Å²) in [5, 5.41) is 3.75. The molecule has 352 valence electrons. The van der Waals surface area contributed by atoms with Crippen LogP contribution in [-0.4, -0.2) is 6.71 Å². The largest absolute Gasteiger partial charge is 0.456 e. The van der Waals surface area contributed by atoms with Crippen LogP contribution in [0.2, 0.25) is 0 Å². The summed E-state index contributed by atoms with van der Waals surface area (Å²) in [6, 6.07) is 51.1. The van der Waals surface area contributed by atoms with Gasteiger partial charge in [0.15, 0.2) is 0 Å². The number of fused-ring (bicyclic) bond motifs is 7. The molecule has 0 saturated heterocycles. The molecule has 0 bridgehead atoms. The van der Waals surface area contributed by atoms with E-state index < -0.39 is 0 Å². The normalized spacial score (nSPS) is 13.8. The number of thiophene rings is 1. The van der Waals surface area contributed by atoms with Gasteiger partial charge in [-0.05, 0) is 157 Å². The first-order valence-electron chi connectivity index (χ1n) is 25.3. The average molecular weight is 935 g/mol. The zero-order chi connectivity index (χ0) is 49.6. The van der Waals surface area contributed by atoms with Gasteiger partial charge in [-0.25, -0.2) is 0 Å². The highest BCUT2D eigenvalue weighted by atomic mass is 32.1. The number of hydrogen-bond donors (Lipinski definition) is 0. The number of hydrogen-bond acceptors (Lipinski definition) is 4. The van der Waals surface area contributed by atoms with Crippen LogP contribution in [0, 0.1) is 20.8 Å².